The first-order valence-electron chi connectivity index (χ1n) is 12.8. The number of aryl methyl sites for hydroxylation is 1. The van der Waals surface area contributed by atoms with E-state index in [0.29, 0.717) is 39.5 Å². The summed E-state index contributed by atoms with van der Waals surface area (Å²) >= 11 is 0. The predicted octanol–water partition coefficient (Wildman–Crippen LogP) is 2.75. The number of aliphatic hydroxyl groups is 1. The molecule has 3 aliphatic rings. The maximum atomic E-state index is 12.4. The Morgan fingerprint density at radius 1 is 1.17 bits per heavy atom. The summed E-state index contributed by atoms with van der Waals surface area (Å²) in [5, 5.41) is 14.4. The van der Waals surface area contributed by atoms with Crippen LogP contribution in [0.1, 0.15) is 48.6 Å². The molecule has 2 aromatic carbocycles. The van der Waals surface area contributed by atoms with Gasteiger partial charge < -0.3 is 34.3 Å². The van der Waals surface area contributed by atoms with E-state index in [-0.39, 0.29) is 18.6 Å². The van der Waals surface area contributed by atoms with Crippen molar-refractivity contribution < 1.29 is 28.8 Å². The number of ether oxygens (including phenoxy) is 4. The van der Waals surface area contributed by atoms with Crippen LogP contribution < -0.4 is 14.8 Å². The largest absolute Gasteiger partial charge is 0.484 e. The molecular weight excluding hydrogens is 460 g/mol. The van der Waals surface area contributed by atoms with Gasteiger partial charge in [0.2, 0.25) is 5.79 Å². The minimum atomic E-state index is -0.630. The number of morpholine rings is 1. The highest BCUT2D eigenvalue weighted by Crippen LogP contribution is 2.33. The van der Waals surface area contributed by atoms with E-state index in [1.165, 1.54) is 11.1 Å². The van der Waals surface area contributed by atoms with E-state index >= 15 is 0 Å². The first-order valence-corrected chi connectivity index (χ1v) is 12.8. The zero-order chi connectivity index (χ0) is 25.1. The van der Waals surface area contributed by atoms with Crippen LogP contribution >= 0.6 is 0 Å². The van der Waals surface area contributed by atoms with E-state index in [4.69, 9.17) is 18.9 Å². The van der Waals surface area contributed by atoms with Gasteiger partial charge in [0.05, 0.1) is 25.9 Å². The van der Waals surface area contributed by atoms with Crippen molar-refractivity contribution >= 4 is 5.91 Å². The highest BCUT2D eigenvalue weighted by Gasteiger charge is 2.28. The Kier molecular flexibility index (Phi) is 7.48. The SMILES string of the molecule is CC1(C)OCc2cc([C@@H](O)CN[C@H]3CCc4ccc(OCC(=O)N5CCOCC5)cc4C3)ccc2O1. The third-order valence-corrected chi connectivity index (χ3v) is 7.13. The Morgan fingerprint density at radius 3 is 2.83 bits per heavy atom. The van der Waals surface area contributed by atoms with Crippen molar-refractivity contribution in [1.82, 2.24) is 10.2 Å². The molecule has 0 spiro atoms. The van der Waals surface area contributed by atoms with Crippen LogP contribution in [-0.2, 0) is 33.7 Å². The lowest BCUT2D eigenvalue weighted by Crippen LogP contribution is -2.43. The van der Waals surface area contributed by atoms with Gasteiger partial charge in [-0.3, -0.25) is 4.79 Å². The smallest absolute Gasteiger partial charge is 0.260 e. The van der Waals surface area contributed by atoms with Crippen LogP contribution in [0.25, 0.3) is 0 Å². The minimum absolute atomic E-state index is 0.00596. The van der Waals surface area contributed by atoms with Crippen molar-refractivity contribution in [3.63, 3.8) is 0 Å². The van der Waals surface area contributed by atoms with Gasteiger partial charge in [-0.25, -0.2) is 0 Å². The van der Waals surface area contributed by atoms with Crippen LogP contribution in [0.15, 0.2) is 36.4 Å². The lowest BCUT2D eigenvalue weighted by atomic mass is 9.88. The number of fused-ring (bicyclic) bond motifs is 2. The van der Waals surface area contributed by atoms with Gasteiger partial charge in [-0.15, -0.1) is 0 Å². The molecule has 2 heterocycles. The lowest BCUT2D eigenvalue weighted by molar-refractivity contribution is -0.180. The second kappa shape index (κ2) is 10.8. The van der Waals surface area contributed by atoms with E-state index in [9.17, 15) is 9.90 Å². The monoisotopic (exact) mass is 496 g/mol. The quantitative estimate of drug-likeness (QED) is 0.609. The molecular formula is C28H36N2O6. The molecule has 1 amide bonds. The van der Waals surface area contributed by atoms with Crippen LogP contribution in [0.3, 0.4) is 0 Å². The van der Waals surface area contributed by atoms with Gasteiger partial charge in [0.25, 0.3) is 5.91 Å². The Morgan fingerprint density at radius 2 is 2.00 bits per heavy atom. The van der Waals surface area contributed by atoms with Crippen LogP contribution in [0.2, 0.25) is 0 Å². The fourth-order valence-corrected chi connectivity index (χ4v) is 5.01. The number of amides is 1. The molecule has 36 heavy (non-hydrogen) atoms. The normalized spacial score (nSPS) is 21.6. The molecule has 5 rings (SSSR count). The number of carbonyl (C=O) groups is 1. The Bertz CT molecular complexity index is 1080. The van der Waals surface area contributed by atoms with Crippen molar-refractivity contribution in [3.05, 3.63) is 58.7 Å². The molecule has 0 bridgehead atoms. The zero-order valence-electron chi connectivity index (χ0n) is 21.1. The Labute approximate surface area is 212 Å². The molecule has 2 aromatic rings. The topological polar surface area (TPSA) is 89.5 Å². The van der Waals surface area contributed by atoms with E-state index in [1.807, 2.05) is 38.1 Å². The van der Waals surface area contributed by atoms with Crippen molar-refractivity contribution in [1.29, 1.82) is 0 Å². The summed E-state index contributed by atoms with van der Waals surface area (Å²) in [6.45, 7) is 7.18. The van der Waals surface area contributed by atoms with Gasteiger partial charge in [-0.2, -0.15) is 0 Å². The van der Waals surface area contributed by atoms with E-state index in [0.717, 1.165) is 41.9 Å². The lowest BCUT2D eigenvalue weighted by Gasteiger charge is -2.33. The van der Waals surface area contributed by atoms with Crippen molar-refractivity contribution in [2.45, 2.75) is 57.6 Å². The number of aliphatic hydroxyl groups excluding tert-OH is 1. The van der Waals surface area contributed by atoms with Crippen molar-refractivity contribution in [2.24, 2.45) is 0 Å². The Hall–Kier alpha value is -2.65. The van der Waals surface area contributed by atoms with Crippen molar-refractivity contribution in [2.75, 3.05) is 39.5 Å². The van der Waals surface area contributed by atoms with E-state index in [1.54, 1.807) is 4.90 Å². The molecule has 2 aliphatic heterocycles. The summed E-state index contributed by atoms with van der Waals surface area (Å²) in [6, 6.07) is 12.2. The average molecular weight is 497 g/mol. The van der Waals surface area contributed by atoms with Gasteiger partial charge in [-0.05, 0) is 60.2 Å². The number of benzene rings is 2. The van der Waals surface area contributed by atoms with Crippen LogP contribution in [-0.4, -0.2) is 67.2 Å². The molecule has 1 aliphatic carbocycles. The van der Waals surface area contributed by atoms with Gasteiger partial charge in [0.15, 0.2) is 6.61 Å². The van der Waals surface area contributed by atoms with Gasteiger partial charge in [0.1, 0.15) is 11.5 Å². The number of hydrogen-bond acceptors (Lipinski definition) is 7. The molecule has 194 valence electrons. The fraction of sp³-hybridized carbons (Fsp3) is 0.536. The van der Waals surface area contributed by atoms with Crippen LogP contribution in [0.5, 0.6) is 11.5 Å². The summed E-state index contributed by atoms with van der Waals surface area (Å²) in [5.41, 5.74) is 4.36. The molecule has 1 fully saturated rings. The second-order valence-electron chi connectivity index (χ2n) is 10.2. The first-order chi connectivity index (χ1) is 17.4. The molecule has 0 radical (unpaired) electrons. The standard InChI is InChI=1S/C28H36N2O6/c1-28(2)35-17-22-13-20(5-8-26(22)36-28)25(31)16-29-23-6-3-19-4-7-24(15-21(19)14-23)34-18-27(32)30-9-11-33-12-10-30/h4-5,7-8,13,15,23,25,29,31H,3,6,9-12,14,16-18H2,1-2H3/t23-,25-/m0/s1. The highest BCUT2D eigenvalue weighted by atomic mass is 16.7. The highest BCUT2D eigenvalue weighted by molar-refractivity contribution is 5.77. The summed E-state index contributed by atoms with van der Waals surface area (Å²) in [7, 11) is 0. The molecule has 2 atom stereocenters. The number of carbonyl (C=O) groups excluding carboxylic acids is 1. The molecule has 0 unspecified atom stereocenters. The third-order valence-electron chi connectivity index (χ3n) is 7.13. The number of nitrogens with zero attached hydrogens (tertiary/aromatic N) is 1. The maximum absolute atomic E-state index is 12.4. The molecule has 8 heteroatoms. The third kappa shape index (κ3) is 6.00. The van der Waals surface area contributed by atoms with Crippen LogP contribution in [0.4, 0.5) is 0 Å². The predicted molar refractivity (Wildman–Crippen MR) is 134 cm³/mol. The van der Waals surface area contributed by atoms with Gasteiger partial charge in [-0.1, -0.05) is 12.1 Å². The van der Waals surface area contributed by atoms with Gasteiger partial charge >= 0.3 is 0 Å². The average Bonchev–Trinajstić information content (AvgIpc) is 2.89. The Balaban J connectivity index is 1.13. The van der Waals surface area contributed by atoms with E-state index in [2.05, 4.69) is 17.4 Å². The molecule has 2 N–H and O–H groups in total. The molecule has 8 nitrogen and oxygen atoms in total. The summed E-state index contributed by atoms with van der Waals surface area (Å²) < 4.78 is 22.7. The molecule has 0 saturated carbocycles. The number of rotatable bonds is 7. The zero-order valence-corrected chi connectivity index (χ0v) is 21.1. The maximum Gasteiger partial charge on any atom is 0.260 e. The molecule has 0 aromatic heterocycles. The van der Waals surface area contributed by atoms with Crippen LogP contribution in [0, 0.1) is 0 Å². The van der Waals surface area contributed by atoms with Crippen molar-refractivity contribution in [3.8, 4) is 11.5 Å². The fourth-order valence-electron chi connectivity index (χ4n) is 5.01. The summed E-state index contributed by atoms with van der Waals surface area (Å²) in [6.07, 6.45) is 2.22. The second-order valence-corrected chi connectivity index (χ2v) is 10.2. The first kappa shape index (κ1) is 25.0. The number of nitrogens with one attached hydrogen (secondary N) is 1. The summed E-state index contributed by atoms with van der Waals surface area (Å²) in [4.78, 5) is 14.2. The van der Waals surface area contributed by atoms with Gasteiger partial charge in [0, 0.05) is 45.1 Å². The summed E-state index contributed by atoms with van der Waals surface area (Å²) in [5.74, 6) is 0.893. The number of hydrogen-bond donors (Lipinski definition) is 2. The van der Waals surface area contributed by atoms with E-state index < -0.39 is 11.9 Å². The molecule has 1 saturated heterocycles. The minimum Gasteiger partial charge on any atom is -0.484 e.